The van der Waals surface area contributed by atoms with E-state index in [1.165, 1.54) is 24.8 Å². The van der Waals surface area contributed by atoms with Gasteiger partial charge in [-0.3, -0.25) is 0 Å². The molecule has 0 heterocycles. The zero-order valence-corrected chi connectivity index (χ0v) is 17.5. The Morgan fingerprint density at radius 2 is 1.41 bits per heavy atom. The first-order chi connectivity index (χ1) is 14.1. The number of hydrogen-bond donors (Lipinski definition) is 0. The van der Waals surface area contributed by atoms with Gasteiger partial charge in [-0.15, -0.1) is 0 Å². The Kier molecular flexibility index (Phi) is 8.20. The molecule has 2 aromatic carbocycles. The van der Waals surface area contributed by atoms with E-state index in [0.29, 0.717) is 41.9 Å². The Morgan fingerprint density at radius 3 is 2.10 bits per heavy atom. The average molecular weight is 403 g/mol. The van der Waals surface area contributed by atoms with Gasteiger partial charge in [0.2, 0.25) is 0 Å². The van der Waals surface area contributed by atoms with Crippen molar-refractivity contribution in [2.24, 2.45) is 0 Å². The van der Waals surface area contributed by atoms with E-state index in [0.717, 1.165) is 32.1 Å². The van der Waals surface area contributed by atoms with Gasteiger partial charge in [0.15, 0.2) is 11.6 Å². The SMILES string of the molecule is CCCCCCCCc1ccc(-c2ccc(C3CCC(F)CC3)cc2)c(F)c1F. The van der Waals surface area contributed by atoms with Crippen molar-refractivity contribution >= 4 is 0 Å². The lowest BCUT2D eigenvalue weighted by Gasteiger charge is -2.24. The van der Waals surface area contributed by atoms with Crippen molar-refractivity contribution < 1.29 is 13.2 Å². The third-order valence-electron chi connectivity index (χ3n) is 6.31. The van der Waals surface area contributed by atoms with Gasteiger partial charge in [0.1, 0.15) is 6.17 Å². The fraction of sp³-hybridized carbons (Fsp3) is 0.538. The van der Waals surface area contributed by atoms with Crippen LogP contribution in [0.5, 0.6) is 0 Å². The Morgan fingerprint density at radius 1 is 0.759 bits per heavy atom. The fourth-order valence-electron chi connectivity index (χ4n) is 4.42. The van der Waals surface area contributed by atoms with Gasteiger partial charge < -0.3 is 0 Å². The topological polar surface area (TPSA) is 0 Å². The largest absolute Gasteiger partial charge is 0.247 e. The Bertz CT molecular complexity index is 758. The first-order valence-corrected chi connectivity index (χ1v) is 11.3. The van der Waals surface area contributed by atoms with Crippen LogP contribution in [0.1, 0.15) is 88.2 Å². The van der Waals surface area contributed by atoms with Gasteiger partial charge >= 0.3 is 0 Å². The second kappa shape index (κ2) is 10.8. The molecule has 0 saturated heterocycles. The maximum atomic E-state index is 14.7. The molecule has 0 bridgehead atoms. The number of unbranched alkanes of at least 4 members (excludes halogenated alkanes) is 5. The highest BCUT2D eigenvalue weighted by atomic mass is 19.2. The second-order valence-electron chi connectivity index (χ2n) is 8.49. The third kappa shape index (κ3) is 5.87. The van der Waals surface area contributed by atoms with Crippen molar-refractivity contribution in [2.75, 3.05) is 0 Å². The summed E-state index contributed by atoms with van der Waals surface area (Å²) in [5.41, 5.74) is 2.64. The van der Waals surface area contributed by atoms with Crippen LogP contribution in [-0.2, 0) is 6.42 Å². The van der Waals surface area contributed by atoms with Gasteiger partial charge in [-0.1, -0.05) is 75.4 Å². The van der Waals surface area contributed by atoms with Gasteiger partial charge in [-0.05, 0) is 61.1 Å². The molecule has 0 atom stereocenters. The highest BCUT2D eigenvalue weighted by Gasteiger charge is 2.22. The van der Waals surface area contributed by atoms with Gasteiger partial charge in [-0.25, -0.2) is 13.2 Å². The second-order valence-corrected chi connectivity index (χ2v) is 8.49. The number of rotatable bonds is 9. The van der Waals surface area contributed by atoms with Crippen LogP contribution in [-0.4, -0.2) is 6.17 Å². The molecule has 0 amide bonds. The summed E-state index contributed by atoms with van der Waals surface area (Å²) < 4.78 is 42.6. The van der Waals surface area contributed by atoms with E-state index >= 15 is 0 Å². The molecule has 0 N–H and O–H groups in total. The van der Waals surface area contributed by atoms with Crippen LogP contribution in [0.3, 0.4) is 0 Å². The van der Waals surface area contributed by atoms with Crippen LogP contribution in [0.25, 0.3) is 11.1 Å². The minimum absolute atomic E-state index is 0.313. The van der Waals surface area contributed by atoms with Gasteiger partial charge in [0.25, 0.3) is 0 Å². The molecule has 1 fully saturated rings. The molecule has 0 unspecified atom stereocenters. The number of halogens is 3. The van der Waals surface area contributed by atoms with Gasteiger partial charge in [0.05, 0.1) is 0 Å². The minimum atomic E-state index is -0.751. The Hall–Kier alpha value is -1.77. The molecular formula is C26H33F3. The van der Waals surface area contributed by atoms with E-state index in [1.807, 2.05) is 24.3 Å². The zero-order valence-electron chi connectivity index (χ0n) is 17.5. The van der Waals surface area contributed by atoms with Gasteiger partial charge in [0, 0.05) is 5.56 Å². The third-order valence-corrected chi connectivity index (χ3v) is 6.31. The van der Waals surface area contributed by atoms with E-state index in [4.69, 9.17) is 0 Å². The highest BCUT2D eigenvalue weighted by molar-refractivity contribution is 5.65. The monoisotopic (exact) mass is 402 g/mol. The van der Waals surface area contributed by atoms with Crippen molar-refractivity contribution in [3.63, 3.8) is 0 Å². The summed E-state index contributed by atoms with van der Waals surface area (Å²) in [4.78, 5) is 0. The highest BCUT2D eigenvalue weighted by Crippen LogP contribution is 2.35. The lowest BCUT2D eigenvalue weighted by molar-refractivity contribution is 0.235. The summed E-state index contributed by atoms with van der Waals surface area (Å²) in [6, 6.07) is 11.1. The standard InChI is InChI=1S/C26H33F3/c1-2-3-4-5-6-7-8-22-15-18-24(26(29)25(22)28)21-11-9-19(10-12-21)20-13-16-23(27)17-14-20/h9-12,15,18,20,23H,2-8,13-14,16-17H2,1H3. The molecular weight excluding hydrogens is 369 g/mol. The zero-order chi connectivity index (χ0) is 20.6. The van der Waals surface area contributed by atoms with E-state index in [1.54, 1.807) is 12.1 Å². The van der Waals surface area contributed by atoms with Crippen LogP contribution in [0.2, 0.25) is 0 Å². The lowest BCUT2D eigenvalue weighted by atomic mass is 9.83. The van der Waals surface area contributed by atoms with Crippen molar-refractivity contribution in [3.05, 3.63) is 59.2 Å². The lowest BCUT2D eigenvalue weighted by Crippen LogP contribution is -2.13. The molecule has 29 heavy (non-hydrogen) atoms. The molecule has 3 rings (SSSR count). The normalized spacial score (nSPS) is 19.4. The molecule has 0 aliphatic heterocycles. The minimum Gasteiger partial charge on any atom is -0.247 e. The van der Waals surface area contributed by atoms with E-state index in [9.17, 15) is 13.2 Å². The number of alkyl halides is 1. The first-order valence-electron chi connectivity index (χ1n) is 11.3. The number of hydrogen-bond acceptors (Lipinski definition) is 0. The quantitative estimate of drug-likeness (QED) is 0.369. The van der Waals surface area contributed by atoms with Crippen LogP contribution in [0.4, 0.5) is 13.2 Å². The molecule has 1 aliphatic carbocycles. The summed E-state index contributed by atoms with van der Waals surface area (Å²) >= 11 is 0. The van der Waals surface area contributed by atoms with E-state index in [2.05, 4.69) is 6.92 Å². The molecule has 0 spiro atoms. The maximum Gasteiger partial charge on any atom is 0.166 e. The average Bonchev–Trinajstić information content (AvgIpc) is 2.74. The van der Waals surface area contributed by atoms with Crippen LogP contribution in [0, 0.1) is 11.6 Å². The number of aryl methyl sites for hydroxylation is 1. The fourth-order valence-corrected chi connectivity index (χ4v) is 4.42. The smallest absolute Gasteiger partial charge is 0.166 e. The van der Waals surface area contributed by atoms with Crippen LogP contribution >= 0.6 is 0 Å². The molecule has 0 aromatic heterocycles. The maximum absolute atomic E-state index is 14.7. The summed E-state index contributed by atoms with van der Waals surface area (Å²) in [6.07, 6.45) is 9.67. The molecule has 3 heteroatoms. The molecule has 158 valence electrons. The number of benzene rings is 2. The van der Waals surface area contributed by atoms with Crippen molar-refractivity contribution in [2.45, 2.75) is 89.6 Å². The van der Waals surface area contributed by atoms with Crippen molar-refractivity contribution in [1.82, 2.24) is 0 Å². The Balaban J connectivity index is 1.62. The Labute approximate surface area is 173 Å². The van der Waals surface area contributed by atoms with Crippen LogP contribution in [0.15, 0.2) is 36.4 Å². The predicted molar refractivity (Wildman–Crippen MR) is 115 cm³/mol. The summed E-state index contributed by atoms with van der Waals surface area (Å²) in [5, 5.41) is 0. The molecule has 1 aliphatic rings. The molecule has 0 nitrogen and oxygen atoms in total. The summed E-state index contributed by atoms with van der Waals surface area (Å²) in [6.45, 7) is 2.18. The first kappa shape index (κ1) is 21.9. The molecule has 1 saturated carbocycles. The van der Waals surface area contributed by atoms with Crippen LogP contribution < -0.4 is 0 Å². The summed E-state index contributed by atoms with van der Waals surface area (Å²) in [7, 11) is 0. The van der Waals surface area contributed by atoms with Crippen molar-refractivity contribution in [1.29, 1.82) is 0 Å². The predicted octanol–water partition coefficient (Wildman–Crippen LogP) is 8.53. The van der Waals surface area contributed by atoms with E-state index < -0.39 is 17.8 Å². The van der Waals surface area contributed by atoms with E-state index in [-0.39, 0.29) is 0 Å². The molecule has 0 radical (unpaired) electrons. The van der Waals surface area contributed by atoms with Crippen molar-refractivity contribution in [3.8, 4) is 11.1 Å². The summed E-state index contributed by atoms with van der Waals surface area (Å²) in [5.74, 6) is -1.09. The van der Waals surface area contributed by atoms with Gasteiger partial charge in [-0.2, -0.15) is 0 Å². The molecule has 2 aromatic rings.